The minimum Gasteiger partial charge on any atom is -0.385 e. The van der Waals surface area contributed by atoms with Crippen LogP contribution in [0.1, 0.15) is 59.3 Å². The molecule has 2 fully saturated rings. The van der Waals surface area contributed by atoms with Gasteiger partial charge in [-0.05, 0) is 38.0 Å². The molecule has 3 atom stereocenters. The van der Waals surface area contributed by atoms with Crippen molar-refractivity contribution in [2.45, 2.75) is 77.4 Å². The standard InChI is InChI=1S/C18H36N2O/c1-14(2)17-13-20(15(3)10-11-21-4)18(12-19-17)16-8-6-5-7-9-16/h14-19H,5-13H2,1-4H3. The minimum absolute atomic E-state index is 0.639. The van der Waals surface area contributed by atoms with Crippen molar-refractivity contribution in [3.63, 3.8) is 0 Å². The van der Waals surface area contributed by atoms with Gasteiger partial charge in [-0.25, -0.2) is 0 Å². The Labute approximate surface area is 131 Å². The third-order valence-corrected chi connectivity index (χ3v) is 5.73. The van der Waals surface area contributed by atoms with Crippen LogP contribution in [0.5, 0.6) is 0 Å². The molecule has 0 aromatic rings. The highest BCUT2D eigenvalue weighted by atomic mass is 16.5. The van der Waals surface area contributed by atoms with Crippen LogP contribution in [0.15, 0.2) is 0 Å². The maximum Gasteiger partial charge on any atom is 0.0477 e. The molecule has 21 heavy (non-hydrogen) atoms. The fraction of sp³-hybridized carbons (Fsp3) is 1.00. The van der Waals surface area contributed by atoms with Gasteiger partial charge in [0, 0.05) is 44.9 Å². The summed E-state index contributed by atoms with van der Waals surface area (Å²) in [6.45, 7) is 10.4. The van der Waals surface area contributed by atoms with Crippen molar-refractivity contribution in [2.75, 3.05) is 26.8 Å². The van der Waals surface area contributed by atoms with Crippen LogP contribution in [0.4, 0.5) is 0 Å². The van der Waals surface area contributed by atoms with Crippen molar-refractivity contribution in [3.05, 3.63) is 0 Å². The van der Waals surface area contributed by atoms with Gasteiger partial charge in [0.05, 0.1) is 0 Å². The first-order valence-electron chi connectivity index (χ1n) is 9.11. The Morgan fingerprint density at radius 1 is 1.14 bits per heavy atom. The third kappa shape index (κ3) is 4.67. The van der Waals surface area contributed by atoms with E-state index in [1.165, 1.54) is 45.2 Å². The van der Waals surface area contributed by atoms with E-state index in [0.29, 0.717) is 12.1 Å². The summed E-state index contributed by atoms with van der Waals surface area (Å²) in [4.78, 5) is 2.82. The first kappa shape index (κ1) is 17.2. The SMILES string of the molecule is COCCC(C)N1CC(C(C)C)NCC1C1CCCCC1. The molecular weight excluding hydrogens is 260 g/mol. The van der Waals surface area contributed by atoms with E-state index in [0.717, 1.165) is 30.9 Å². The molecule has 1 aliphatic heterocycles. The van der Waals surface area contributed by atoms with Gasteiger partial charge in [-0.15, -0.1) is 0 Å². The maximum atomic E-state index is 5.32. The van der Waals surface area contributed by atoms with Crippen molar-refractivity contribution in [1.29, 1.82) is 0 Å². The Kier molecular flexibility index (Phi) is 6.97. The Bertz CT molecular complexity index is 289. The van der Waals surface area contributed by atoms with Crippen LogP contribution in [0.2, 0.25) is 0 Å². The van der Waals surface area contributed by atoms with Gasteiger partial charge in [0.2, 0.25) is 0 Å². The minimum atomic E-state index is 0.639. The Morgan fingerprint density at radius 3 is 2.48 bits per heavy atom. The first-order chi connectivity index (χ1) is 10.1. The lowest BCUT2D eigenvalue weighted by molar-refractivity contribution is 0.0215. The Balaban J connectivity index is 2.01. The zero-order valence-electron chi connectivity index (χ0n) is 14.6. The highest BCUT2D eigenvalue weighted by molar-refractivity contribution is 4.93. The van der Waals surface area contributed by atoms with Gasteiger partial charge in [0.15, 0.2) is 0 Å². The largest absolute Gasteiger partial charge is 0.385 e. The van der Waals surface area contributed by atoms with Crippen LogP contribution in [0, 0.1) is 11.8 Å². The molecule has 1 aliphatic carbocycles. The van der Waals surface area contributed by atoms with Gasteiger partial charge >= 0.3 is 0 Å². The maximum absolute atomic E-state index is 5.32. The van der Waals surface area contributed by atoms with Gasteiger partial charge in [0.25, 0.3) is 0 Å². The number of hydrogen-bond donors (Lipinski definition) is 1. The smallest absolute Gasteiger partial charge is 0.0477 e. The lowest BCUT2D eigenvalue weighted by Crippen LogP contribution is -2.62. The summed E-state index contributed by atoms with van der Waals surface area (Å²) in [7, 11) is 1.82. The number of hydrogen-bond acceptors (Lipinski definition) is 3. The van der Waals surface area contributed by atoms with E-state index in [1.54, 1.807) is 0 Å². The highest BCUT2D eigenvalue weighted by Gasteiger charge is 2.36. The van der Waals surface area contributed by atoms with E-state index in [4.69, 9.17) is 4.74 Å². The van der Waals surface area contributed by atoms with E-state index in [1.807, 2.05) is 7.11 Å². The summed E-state index contributed by atoms with van der Waals surface area (Å²) in [5, 5.41) is 3.83. The zero-order chi connectivity index (χ0) is 15.2. The fourth-order valence-electron chi connectivity index (χ4n) is 4.18. The Morgan fingerprint density at radius 2 is 1.86 bits per heavy atom. The molecule has 0 aromatic carbocycles. The molecule has 1 saturated heterocycles. The lowest BCUT2D eigenvalue weighted by Gasteiger charge is -2.48. The average molecular weight is 296 g/mol. The van der Waals surface area contributed by atoms with E-state index in [-0.39, 0.29) is 0 Å². The molecule has 1 N–H and O–H groups in total. The number of methoxy groups -OCH3 is 1. The third-order valence-electron chi connectivity index (χ3n) is 5.73. The van der Waals surface area contributed by atoms with Gasteiger partial charge in [0.1, 0.15) is 0 Å². The summed E-state index contributed by atoms with van der Waals surface area (Å²) < 4.78 is 5.32. The van der Waals surface area contributed by atoms with Crippen molar-refractivity contribution < 1.29 is 4.74 Å². The predicted molar refractivity (Wildman–Crippen MR) is 89.7 cm³/mol. The van der Waals surface area contributed by atoms with E-state index < -0.39 is 0 Å². The molecule has 1 saturated carbocycles. The molecule has 0 amide bonds. The van der Waals surface area contributed by atoms with Crippen molar-refractivity contribution in [2.24, 2.45) is 11.8 Å². The quantitative estimate of drug-likeness (QED) is 0.814. The Hall–Kier alpha value is -0.120. The van der Waals surface area contributed by atoms with Gasteiger partial charge in [-0.1, -0.05) is 33.1 Å². The summed E-state index contributed by atoms with van der Waals surface area (Å²) in [6, 6.07) is 2.03. The van der Waals surface area contributed by atoms with E-state index in [2.05, 4.69) is 31.0 Å². The van der Waals surface area contributed by atoms with Gasteiger partial charge in [-0.3, -0.25) is 4.90 Å². The monoisotopic (exact) mass is 296 g/mol. The lowest BCUT2D eigenvalue weighted by atomic mass is 9.81. The predicted octanol–water partition coefficient (Wildman–Crippen LogP) is 3.29. The molecule has 3 nitrogen and oxygen atoms in total. The van der Waals surface area contributed by atoms with Crippen LogP contribution in [-0.4, -0.2) is 49.8 Å². The van der Waals surface area contributed by atoms with Crippen LogP contribution in [0.25, 0.3) is 0 Å². The summed E-state index contributed by atoms with van der Waals surface area (Å²) in [5.41, 5.74) is 0. The summed E-state index contributed by atoms with van der Waals surface area (Å²) >= 11 is 0. The number of nitrogens with zero attached hydrogens (tertiary/aromatic N) is 1. The van der Waals surface area contributed by atoms with Crippen molar-refractivity contribution in [3.8, 4) is 0 Å². The normalized spacial score (nSPS) is 30.7. The molecule has 0 aromatic heterocycles. The second kappa shape index (κ2) is 8.50. The molecule has 0 radical (unpaired) electrons. The second-order valence-corrected chi connectivity index (χ2v) is 7.55. The molecule has 1 heterocycles. The molecular formula is C18H36N2O. The topological polar surface area (TPSA) is 24.5 Å². The van der Waals surface area contributed by atoms with Gasteiger partial charge in [-0.2, -0.15) is 0 Å². The molecule has 0 spiro atoms. The second-order valence-electron chi connectivity index (χ2n) is 7.55. The highest BCUT2D eigenvalue weighted by Crippen LogP contribution is 2.32. The number of piperazine rings is 1. The molecule has 0 bridgehead atoms. The fourth-order valence-corrected chi connectivity index (χ4v) is 4.18. The van der Waals surface area contributed by atoms with Crippen LogP contribution < -0.4 is 5.32 Å². The van der Waals surface area contributed by atoms with Crippen LogP contribution in [0.3, 0.4) is 0 Å². The number of nitrogens with one attached hydrogen (secondary N) is 1. The summed E-state index contributed by atoms with van der Waals surface area (Å²) in [6.07, 6.45) is 8.36. The molecule has 2 rings (SSSR count). The zero-order valence-corrected chi connectivity index (χ0v) is 14.6. The number of ether oxygens (including phenoxy) is 1. The summed E-state index contributed by atoms with van der Waals surface area (Å²) in [5.74, 6) is 1.62. The molecule has 124 valence electrons. The molecule has 2 aliphatic rings. The number of rotatable bonds is 6. The van der Waals surface area contributed by atoms with Crippen molar-refractivity contribution >= 4 is 0 Å². The molecule has 3 unspecified atom stereocenters. The van der Waals surface area contributed by atoms with Crippen LogP contribution in [-0.2, 0) is 4.74 Å². The van der Waals surface area contributed by atoms with Gasteiger partial charge < -0.3 is 10.1 Å². The average Bonchev–Trinajstić information content (AvgIpc) is 2.52. The van der Waals surface area contributed by atoms with Crippen molar-refractivity contribution in [1.82, 2.24) is 10.2 Å². The first-order valence-corrected chi connectivity index (χ1v) is 9.11. The van der Waals surface area contributed by atoms with E-state index >= 15 is 0 Å². The van der Waals surface area contributed by atoms with E-state index in [9.17, 15) is 0 Å². The molecule has 3 heteroatoms. The van der Waals surface area contributed by atoms with Crippen LogP contribution >= 0.6 is 0 Å².